The van der Waals surface area contributed by atoms with Gasteiger partial charge in [0.1, 0.15) is 22.2 Å². The molecule has 0 amide bonds. The fourth-order valence-electron chi connectivity index (χ4n) is 2.48. The third-order valence-electron chi connectivity index (χ3n) is 3.67. The Balaban J connectivity index is 2.24. The fourth-order valence-corrected chi connectivity index (χ4v) is 3.32. The zero-order valence-electron chi connectivity index (χ0n) is 12.8. The summed E-state index contributed by atoms with van der Waals surface area (Å²) in [7, 11) is 0. The van der Waals surface area contributed by atoms with Gasteiger partial charge in [0.25, 0.3) is 0 Å². The third kappa shape index (κ3) is 2.69. The number of benzene rings is 1. The molecule has 0 saturated carbocycles. The van der Waals surface area contributed by atoms with E-state index in [1.807, 2.05) is 13.8 Å². The monoisotopic (exact) mass is 331 g/mol. The standard InChI is InChI=1S/C16H17N3O3S/c1-3-9-4-10(13(22)5-12(9)21)15-14(11(7-20)18-19-15)16-17-6-8(2)23-16/h4-6,20-22H,3,7H2,1-2H3,(H,18,19). The quantitative estimate of drug-likeness (QED) is 0.588. The number of aryl methyl sites for hydroxylation is 2. The highest BCUT2D eigenvalue weighted by atomic mass is 32.1. The molecular weight excluding hydrogens is 314 g/mol. The van der Waals surface area contributed by atoms with E-state index in [-0.39, 0.29) is 18.1 Å². The van der Waals surface area contributed by atoms with E-state index in [1.165, 1.54) is 17.4 Å². The zero-order chi connectivity index (χ0) is 16.6. The number of hydrogen-bond acceptors (Lipinski definition) is 6. The summed E-state index contributed by atoms with van der Waals surface area (Å²) in [5.41, 5.74) is 2.94. The van der Waals surface area contributed by atoms with Crippen LogP contribution in [0.1, 0.15) is 23.1 Å². The summed E-state index contributed by atoms with van der Waals surface area (Å²) in [4.78, 5) is 5.40. The zero-order valence-corrected chi connectivity index (χ0v) is 13.6. The molecule has 0 aliphatic carbocycles. The molecule has 0 radical (unpaired) electrons. The van der Waals surface area contributed by atoms with E-state index in [9.17, 15) is 15.3 Å². The maximum Gasteiger partial charge on any atom is 0.128 e. The van der Waals surface area contributed by atoms with Gasteiger partial charge in [-0.15, -0.1) is 11.3 Å². The lowest BCUT2D eigenvalue weighted by atomic mass is 10.0. The molecule has 23 heavy (non-hydrogen) atoms. The van der Waals surface area contributed by atoms with Crippen LogP contribution < -0.4 is 0 Å². The van der Waals surface area contributed by atoms with Gasteiger partial charge in [-0.25, -0.2) is 4.98 Å². The van der Waals surface area contributed by atoms with Gasteiger partial charge >= 0.3 is 0 Å². The van der Waals surface area contributed by atoms with Crippen molar-refractivity contribution in [1.82, 2.24) is 15.2 Å². The van der Waals surface area contributed by atoms with Crippen LogP contribution in [0.4, 0.5) is 0 Å². The van der Waals surface area contributed by atoms with Crippen LogP contribution in [0.25, 0.3) is 21.8 Å². The van der Waals surface area contributed by atoms with Crippen molar-refractivity contribution in [3.05, 3.63) is 34.5 Å². The molecule has 0 aliphatic heterocycles. The molecule has 0 spiro atoms. The Kier molecular flexibility index (Phi) is 4.06. The Hall–Kier alpha value is -2.38. The lowest BCUT2D eigenvalue weighted by molar-refractivity contribution is 0.277. The van der Waals surface area contributed by atoms with Crippen molar-refractivity contribution < 1.29 is 15.3 Å². The predicted octanol–water partition coefficient (Wildman–Crippen LogP) is 2.97. The summed E-state index contributed by atoms with van der Waals surface area (Å²) >= 11 is 1.49. The number of nitrogens with one attached hydrogen (secondary N) is 1. The van der Waals surface area contributed by atoms with Crippen molar-refractivity contribution in [3.63, 3.8) is 0 Å². The number of phenols is 2. The summed E-state index contributed by atoms with van der Waals surface area (Å²) in [5, 5.41) is 37.4. The molecule has 2 aromatic heterocycles. The van der Waals surface area contributed by atoms with Crippen LogP contribution in [0.5, 0.6) is 11.5 Å². The molecule has 120 valence electrons. The molecule has 0 fully saturated rings. The number of aromatic nitrogens is 3. The maximum absolute atomic E-state index is 10.2. The Morgan fingerprint density at radius 3 is 2.61 bits per heavy atom. The molecule has 3 aromatic rings. The summed E-state index contributed by atoms with van der Waals surface area (Å²) in [6.07, 6.45) is 2.38. The van der Waals surface area contributed by atoms with Crippen molar-refractivity contribution >= 4 is 11.3 Å². The molecule has 0 aliphatic rings. The second-order valence-electron chi connectivity index (χ2n) is 5.21. The number of aromatic amines is 1. The molecule has 0 unspecified atom stereocenters. The first kappa shape index (κ1) is 15.5. The first-order chi connectivity index (χ1) is 11.0. The van der Waals surface area contributed by atoms with Gasteiger partial charge in [-0.3, -0.25) is 5.10 Å². The first-order valence-electron chi connectivity index (χ1n) is 7.21. The van der Waals surface area contributed by atoms with Crippen molar-refractivity contribution in [2.45, 2.75) is 26.9 Å². The van der Waals surface area contributed by atoms with Gasteiger partial charge in [0.15, 0.2) is 0 Å². The minimum atomic E-state index is -0.208. The Labute approximate surface area is 137 Å². The van der Waals surface area contributed by atoms with Crippen LogP contribution in [0.3, 0.4) is 0 Å². The van der Waals surface area contributed by atoms with Gasteiger partial charge < -0.3 is 15.3 Å². The van der Waals surface area contributed by atoms with Crippen molar-refractivity contribution in [2.24, 2.45) is 0 Å². The molecule has 4 N–H and O–H groups in total. The number of H-pyrrole nitrogens is 1. The number of aromatic hydroxyl groups is 2. The summed E-state index contributed by atoms with van der Waals surface area (Å²) in [5.74, 6) is -0.0106. The number of phenolic OH excluding ortho intramolecular Hbond substituents is 2. The van der Waals surface area contributed by atoms with Crippen LogP contribution >= 0.6 is 11.3 Å². The molecular formula is C16H17N3O3S. The molecule has 2 heterocycles. The molecule has 6 nitrogen and oxygen atoms in total. The van der Waals surface area contributed by atoms with Gasteiger partial charge in [-0.2, -0.15) is 5.10 Å². The highest BCUT2D eigenvalue weighted by molar-refractivity contribution is 7.15. The lowest BCUT2D eigenvalue weighted by Crippen LogP contribution is -1.90. The van der Waals surface area contributed by atoms with Gasteiger partial charge in [0.05, 0.1) is 17.9 Å². The van der Waals surface area contributed by atoms with Gasteiger partial charge in [-0.1, -0.05) is 6.92 Å². The molecule has 1 aromatic carbocycles. The normalized spacial score (nSPS) is 11.1. The number of aliphatic hydroxyl groups is 1. The number of aliphatic hydroxyl groups excluding tert-OH is 1. The average molecular weight is 331 g/mol. The van der Waals surface area contributed by atoms with Gasteiger partial charge in [0.2, 0.25) is 0 Å². The SMILES string of the molecule is CCc1cc(-c2n[nH]c(CO)c2-c2ncc(C)s2)c(O)cc1O. The second kappa shape index (κ2) is 6.02. The number of rotatable bonds is 4. The van der Waals surface area contributed by atoms with E-state index in [1.54, 1.807) is 12.3 Å². The Morgan fingerprint density at radius 1 is 1.22 bits per heavy atom. The third-order valence-corrected chi connectivity index (χ3v) is 4.60. The Bertz CT molecular complexity index is 854. The van der Waals surface area contributed by atoms with E-state index in [2.05, 4.69) is 15.2 Å². The number of thiazole rings is 1. The first-order valence-corrected chi connectivity index (χ1v) is 8.02. The fraction of sp³-hybridized carbons (Fsp3) is 0.250. The smallest absolute Gasteiger partial charge is 0.128 e. The van der Waals surface area contributed by atoms with Crippen molar-refractivity contribution in [3.8, 4) is 33.3 Å². The molecule has 3 rings (SSSR count). The van der Waals surface area contributed by atoms with Gasteiger partial charge in [0, 0.05) is 22.7 Å². The number of nitrogens with zero attached hydrogens (tertiary/aromatic N) is 2. The van der Waals surface area contributed by atoms with Crippen LogP contribution in [0.2, 0.25) is 0 Å². The topological polar surface area (TPSA) is 102 Å². The van der Waals surface area contributed by atoms with Crippen molar-refractivity contribution in [2.75, 3.05) is 0 Å². The highest BCUT2D eigenvalue weighted by Crippen LogP contribution is 2.41. The maximum atomic E-state index is 10.2. The van der Waals surface area contributed by atoms with Crippen LogP contribution in [-0.2, 0) is 13.0 Å². The van der Waals surface area contributed by atoms with Crippen LogP contribution in [-0.4, -0.2) is 30.5 Å². The molecule has 0 bridgehead atoms. The largest absolute Gasteiger partial charge is 0.508 e. The molecule has 0 saturated heterocycles. The Morgan fingerprint density at radius 2 is 2.00 bits per heavy atom. The summed E-state index contributed by atoms with van der Waals surface area (Å²) < 4.78 is 0. The summed E-state index contributed by atoms with van der Waals surface area (Å²) in [6, 6.07) is 3.03. The van der Waals surface area contributed by atoms with E-state index < -0.39 is 0 Å². The number of hydrogen-bond donors (Lipinski definition) is 4. The van der Waals surface area contributed by atoms with Crippen LogP contribution in [0.15, 0.2) is 18.3 Å². The second-order valence-corrected chi connectivity index (χ2v) is 6.45. The van der Waals surface area contributed by atoms with E-state index in [0.29, 0.717) is 34.5 Å². The predicted molar refractivity (Wildman–Crippen MR) is 88.5 cm³/mol. The van der Waals surface area contributed by atoms with E-state index in [0.717, 1.165) is 9.88 Å². The highest BCUT2D eigenvalue weighted by Gasteiger charge is 2.22. The molecule has 7 heteroatoms. The van der Waals surface area contributed by atoms with E-state index >= 15 is 0 Å². The van der Waals surface area contributed by atoms with Crippen molar-refractivity contribution in [1.29, 1.82) is 0 Å². The summed E-state index contributed by atoms with van der Waals surface area (Å²) in [6.45, 7) is 3.66. The molecule has 0 atom stereocenters. The lowest BCUT2D eigenvalue weighted by Gasteiger charge is -2.09. The van der Waals surface area contributed by atoms with Crippen LogP contribution in [0, 0.1) is 6.92 Å². The minimum Gasteiger partial charge on any atom is -0.508 e. The minimum absolute atomic E-state index is 0.0540. The van der Waals surface area contributed by atoms with E-state index in [4.69, 9.17) is 0 Å². The average Bonchev–Trinajstić information content (AvgIpc) is 3.13. The van der Waals surface area contributed by atoms with Gasteiger partial charge in [-0.05, 0) is 25.0 Å².